The lowest BCUT2D eigenvalue weighted by atomic mass is 9.90. The molecule has 4 rings (SSSR count). The fourth-order valence-corrected chi connectivity index (χ4v) is 3.74. The van der Waals surface area contributed by atoms with Gasteiger partial charge in [-0.2, -0.15) is 4.98 Å². The van der Waals surface area contributed by atoms with Gasteiger partial charge >= 0.3 is 0 Å². The third-order valence-corrected chi connectivity index (χ3v) is 5.39. The molecule has 140 valence electrons. The molecule has 1 saturated carbocycles. The first kappa shape index (κ1) is 18.0. The minimum Gasteiger partial charge on any atom is -0.476 e. The van der Waals surface area contributed by atoms with Gasteiger partial charge in [-0.05, 0) is 43.2 Å². The van der Waals surface area contributed by atoms with E-state index in [0.29, 0.717) is 35.1 Å². The molecular weight excluding hydrogens is 360 g/mol. The molecule has 0 amide bonds. The smallest absolute Gasteiger partial charge is 0.237 e. The van der Waals surface area contributed by atoms with E-state index in [2.05, 4.69) is 20.3 Å². The van der Waals surface area contributed by atoms with Crippen LogP contribution in [0.3, 0.4) is 0 Å². The quantitative estimate of drug-likeness (QED) is 0.614. The topological polar surface area (TPSA) is 59.9 Å². The third kappa shape index (κ3) is 4.30. The number of aryl methyl sites for hydroxylation is 1. The number of anilines is 2. The summed E-state index contributed by atoms with van der Waals surface area (Å²) in [5.41, 5.74) is 0.801. The van der Waals surface area contributed by atoms with Crippen LogP contribution in [0.25, 0.3) is 10.8 Å². The van der Waals surface area contributed by atoms with Crippen molar-refractivity contribution in [2.24, 2.45) is 5.92 Å². The maximum Gasteiger partial charge on any atom is 0.237 e. The van der Waals surface area contributed by atoms with Gasteiger partial charge in [0.05, 0.1) is 18.5 Å². The number of ether oxygens (including phenoxy) is 1. The number of aromatic nitrogens is 3. The first-order valence-corrected chi connectivity index (χ1v) is 9.84. The van der Waals surface area contributed by atoms with Crippen molar-refractivity contribution in [1.82, 2.24) is 15.0 Å². The van der Waals surface area contributed by atoms with E-state index in [-0.39, 0.29) is 0 Å². The SMILES string of the molecule is Cc1ncc(Nc2cc3cccc(Cl)c3cn2)nc1OCC1CCCCC1. The van der Waals surface area contributed by atoms with Crippen molar-refractivity contribution in [3.63, 3.8) is 0 Å². The monoisotopic (exact) mass is 382 g/mol. The normalized spacial score (nSPS) is 15.0. The molecule has 27 heavy (non-hydrogen) atoms. The van der Waals surface area contributed by atoms with Crippen LogP contribution in [-0.2, 0) is 0 Å². The zero-order valence-electron chi connectivity index (χ0n) is 15.4. The van der Waals surface area contributed by atoms with Crippen LogP contribution in [0.5, 0.6) is 5.88 Å². The number of nitrogens with zero attached hydrogens (tertiary/aromatic N) is 3. The predicted octanol–water partition coefficient (Wildman–Crippen LogP) is 5.69. The van der Waals surface area contributed by atoms with Crippen molar-refractivity contribution < 1.29 is 4.74 Å². The molecule has 0 unspecified atom stereocenters. The highest BCUT2D eigenvalue weighted by molar-refractivity contribution is 6.35. The molecule has 0 radical (unpaired) electrons. The third-order valence-electron chi connectivity index (χ3n) is 5.06. The van der Waals surface area contributed by atoms with Gasteiger partial charge in [-0.1, -0.05) is 43.0 Å². The van der Waals surface area contributed by atoms with Crippen molar-refractivity contribution >= 4 is 34.0 Å². The van der Waals surface area contributed by atoms with E-state index in [9.17, 15) is 0 Å². The Balaban J connectivity index is 1.49. The molecule has 0 bridgehead atoms. The Labute approximate surface area is 164 Å². The highest BCUT2D eigenvalue weighted by Gasteiger charge is 2.15. The molecule has 0 saturated heterocycles. The van der Waals surface area contributed by atoms with Crippen LogP contribution in [0, 0.1) is 12.8 Å². The molecule has 3 aromatic rings. The predicted molar refractivity (Wildman–Crippen MR) is 109 cm³/mol. The number of rotatable bonds is 5. The summed E-state index contributed by atoms with van der Waals surface area (Å²) >= 11 is 6.21. The minimum atomic E-state index is 0.592. The molecule has 0 aliphatic heterocycles. The van der Waals surface area contributed by atoms with Crippen LogP contribution in [0.2, 0.25) is 5.02 Å². The zero-order chi connectivity index (χ0) is 18.6. The number of hydrogen-bond donors (Lipinski definition) is 1. The average Bonchev–Trinajstić information content (AvgIpc) is 2.69. The Bertz CT molecular complexity index is 941. The van der Waals surface area contributed by atoms with Gasteiger partial charge in [-0.15, -0.1) is 0 Å². The molecule has 2 heterocycles. The fraction of sp³-hybridized carbons (Fsp3) is 0.381. The van der Waals surface area contributed by atoms with Crippen LogP contribution >= 0.6 is 11.6 Å². The van der Waals surface area contributed by atoms with E-state index in [4.69, 9.17) is 16.3 Å². The molecule has 5 nitrogen and oxygen atoms in total. The van der Waals surface area contributed by atoms with Gasteiger partial charge < -0.3 is 10.1 Å². The standard InChI is InChI=1S/C21H23ClN4O/c1-14-21(27-13-15-6-3-2-4-7-15)26-20(12-23-14)25-19-10-16-8-5-9-18(22)17(16)11-24-19/h5,8-12,15H,2-4,6-7,13H2,1H3,(H,24,25,26). The summed E-state index contributed by atoms with van der Waals surface area (Å²) in [5.74, 6) is 2.53. The summed E-state index contributed by atoms with van der Waals surface area (Å²) in [4.78, 5) is 13.4. The van der Waals surface area contributed by atoms with Gasteiger partial charge in [-0.3, -0.25) is 4.98 Å². The van der Waals surface area contributed by atoms with Gasteiger partial charge in [-0.25, -0.2) is 4.98 Å². The molecule has 1 aliphatic carbocycles. The first-order valence-electron chi connectivity index (χ1n) is 9.47. The van der Waals surface area contributed by atoms with Crippen molar-refractivity contribution in [3.8, 4) is 5.88 Å². The summed E-state index contributed by atoms with van der Waals surface area (Å²) in [6.45, 7) is 2.63. The Morgan fingerprint density at radius 3 is 2.81 bits per heavy atom. The molecule has 1 fully saturated rings. The number of nitrogens with one attached hydrogen (secondary N) is 1. The maximum absolute atomic E-state index is 6.21. The van der Waals surface area contributed by atoms with Gasteiger partial charge in [0, 0.05) is 16.6 Å². The van der Waals surface area contributed by atoms with Crippen LogP contribution in [0.15, 0.2) is 36.7 Å². The summed E-state index contributed by atoms with van der Waals surface area (Å²) in [6.07, 6.45) is 9.91. The van der Waals surface area contributed by atoms with E-state index in [1.54, 1.807) is 12.4 Å². The largest absolute Gasteiger partial charge is 0.476 e. The number of fused-ring (bicyclic) bond motifs is 1. The fourth-order valence-electron chi connectivity index (χ4n) is 3.51. The van der Waals surface area contributed by atoms with E-state index in [1.165, 1.54) is 32.1 Å². The molecular formula is C21H23ClN4O. The van der Waals surface area contributed by atoms with Crippen LogP contribution in [0.1, 0.15) is 37.8 Å². The van der Waals surface area contributed by atoms with Gasteiger partial charge in [0.25, 0.3) is 0 Å². The highest BCUT2D eigenvalue weighted by atomic mass is 35.5. The second-order valence-electron chi connectivity index (χ2n) is 7.12. The lowest BCUT2D eigenvalue weighted by molar-refractivity contribution is 0.201. The lowest BCUT2D eigenvalue weighted by Crippen LogP contribution is -2.16. The molecule has 0 atom stereocenters. The number of pyridine rings is 1. The van der Waals surface area contributed by atoms with Crippen molar-refractivity contribution in [3.05, 3.63) is 47.4 Å². The molecule has 1 N–H and O–H groups in total. The van der Waals surface area contributed by atoms with E-state index < -0.39 is 0 Å². The molecule has 1 aromatic carbocycles. The summed E-state index contributed by atoms with van der Waals surface area (Å²) < 4.78 is 5.99. The van der Waals surface area contributed by atoms with Crippen molar-refractivity contribution in [2.75, 3.05) is 11.9 Å². The molecule has 1 aliphatic rings. The zero-order valence-corrected chi connectivity index (χ0v) is 16.2. The number of benzene rings is 1. The molecule has 2 aromatic heterocycles. The van der Waals surface area contributed by atoms with Gasteiger partial charge in [0.15, 0.2) is 5.82 Å². The van der Waals surface area contributed by atoms with Gasteiger partial charge in [0.1, 0.15) is 5.82 Å². The maximum atomic E-state index is 6.21. The number of hydrogen-bond acceptors (Lipinski definition) is 5. The van der Waals surface area contributed by atoms with Crippen molar-refractivity contribution in [1.29, 1.82) is 0 Å². The van der Waals surface area contributed by atoms with Crippen molar-refractivity contribution in [2.45, 2.75) is 39.0 Å². The molecule has 6 heteroatoms. The Kier molecular flexibility index (Phi) is 5.39. The summed E-state index contributed by atoms with van der Waals surface area (Å²) in [6, 6.07) is 7.75. The van der Waals surface area contributed by atoms with Gasteiger partial charge in [0.2, 0.25) is 5.88 Å². The second-order valence-corrected chi connectivity index (χ2v) is 7.52. The van der Waals surface area contributed by atoms with E-state index in [0.717, 1.165) is 16.5 Å². The lowest BCUT2D eigenvalue weighted by Gasteiger charge is -2.21. The minimum absolute atomic E-state index is 0.592. The van der Waals surface area contributed by atoms with E-state index >= 15 is 0 Å². The average molecular weight is 383 g/mol. The Morgan fingerprint density at radius 2 is 1.96 bits per heavy atom. The van der Waals surface area contributed by atoms with Crippen LogP contribution in [0.4, 0.5) is 11.6 Å². The first-order chi connectivity index (χ1) is 13.2. The number of halogens is 1. The summed E-state index contributed by atoms with van der Waals surface area (Å²) in [7, 11) is 0. The second kappa shape index (κ2) is 8.09. The van der Waals surface area contributed by atoms with Crippen LogP contribution < -0.4 is 10.1 Å². The van der Waals surface area contributed by atoms with E-state index in [1.807, 2.05) is 31.2 Å². The molecule has 0 spiro atoms. The summed E-state index contributed by atoms with van der Waals surface area (Å²) in [5, 5.41) is 5.86. The Morgan fingerprint density at radius 1 is 1.11 bits per heavy atom. The van der Waals surface area contributed by atoms with Crippen LogP contribution in [-0.4, -0.2) is 21.6 Å². The Hall–Kier alpha value is -2.40. The highest BCUT2D eigenvalue weighted by Crippen LogP contribution is 2.27.